The fourth-order valence-electron chi connectivity index (χ4n) is 4.02. The van der Waals surface area contributed by atoms with Gasteiger partial charge in [-0.05, 0) is 31.0 Å². The van der Waals surface area contributed by atoms with Crippen LogP contribution in [0.25, 0.3) is 0 Å². The van der Waals surface area contributed by atoms with E-state index >= 15 is 0 Å². The van der Waals surface area contributed by atoms with Crippen molar-refractivity contribution < 1.29 is 22.4 Å². The van der Waals surface area contributed by atoms with E-state index in [4.69, 9.17) is 9.15 Å². The average molecular weight is 448 g/mol. The smallest absolute Gasteiger partial charge is 0.290 e. The zero-order valence-corrected chi connectivity index (χ0v) is 18.4. The van der Waals surface area contributed by atoms with Crippen LogP contribution >= 0.6 is 0 Å². The average Bonchev–Trinajstić information content (AvgIpc) is 3.09. The maximum absolute atomic E-state index is 13.0. The Morgan fingerprint density at radius 2 is 1.52 bits per heavy atom. The standard InChI is InChI=1S/C22H29N3O5S/c26-22(21-19(10-17-29-21)18-30-20-8-4-3-5-9-20)23-13-15-25(16-14-23)31(27,28)24-11-6-1-2-7-12-24/h3-5,8-10,17H,1-2,6-7,11-16,18H2. The Kier molecular flexibility index (Phi) is 6.94. The monoisotopic (exact) mass is 447 g/mol. The lowest BCUT2D eigenvalue weighted by atomic mass is 10.2. The predicted octanol–water partition coefficient (Wildman–Crippen LogP) is 2.74. The molecule has 0 bridgehead atoms. The molecule has 2 fully saturated rings. The first-order valence-corrected chi connectivity index (χ1v) is 12.2. The second-order valence-corrected chi connectivity index (χ2v) is 9.82. The summed E-state index contributed by atoms with van der Waals surface area (Å²) < 4.78 is 40.3. The fraction of sp³-hybridized carbons (Fsp3) is 0.500. The maximum atomic E-state index is 13.0. The Hall–Kier alpha value is -2.36. The molecule has 2 aromatic rings. The van der Waals surface area contributed by atoms with Gasteiger partial charge in [-0.3, -0.25) is 4.79 Å². The van der Waals surface area contributed by atoms with E-state index in [-0.39, 0.29) is 18.3 Å². The summed E-state index contributed by atoms with van der Waals surface area (Å²) in [6, 6.07) is 11.1. The Bertz CT molecular complexity index is 960. The van der Waals surface area contributed by atoms with Gasteiger partial charge in [0.2, 0.25) is 0 Å². The lowest BCUT2D eigenvalue weighted by Crippen LogP contribution is -2.54. The van der Waals surface area contributed by atoms with Crippen molar-refractivity contribution in [2.75, 3.05) is 39.3 Å². The van der Waals surface area contributed by atoms with Crippen LogP contribution in [0.5, 0.6) is 5.75 Å². The van der Waals surface area contributed by atoms with Gasteiger partial charge in [-0.1, -0.05) is 31.0 Å². The van der Waals surface area contributed by atoms with Crippen LogP contribution < -0.4 is 4.74 Å². The minimum absolute atomic E-state index is 0.227. The number of hydrogen-bond donors (Lipinski definition) is 0. The van der Waals surface area contributed by atoms with Gasteiger partial charge in [-0.2, -0.15) is 17.0 Å². The number of carbonyl (C=O) groups excluding carboxylic acids is 1. The molecule has 8 nitrogen and oxygen atoms in total. The molecule has 1 amide bonds. The van der Waals surface area contributed by atoms with Gasteiger partial charge in [-0.15, -0.1) is 0 Å². The van der Waals surface area contributed by atoms with Crippen LogP contribution in [0.15, 0.2) is 47.1 Å². The number of ether oxygens (including phenoxy) is 1. The number of hydrogen-bond acceptors (Lipinski definition) is 5. The topological polar surface area (TPSA) is 83.3 Å². The molecule has 31 heavy (non-hydrogen) atoms. The summed E-state index contributed by atoms with van der Waals surface area (Å²) in [6.45, 7) is 2.65. The number of rotatable bonds is 6. The summed E-state index contributed by atoms with van der Waals surface area (Å²) in [5.41, 5.74) is 0.675. The number of benzene rings is 1. The maximum Gasteiger partial charge on any atom is 0.290 e. The first kappa shape index (κ1) is 21.9. The fourth-order valence-corrected chi connectivity index (χ4v) is 5.69. The molecule has 0 atom stereocenters. The van der Waals surface area contributed by atoms with Crippen molar-refractivity contribution in [2.24, 2.45) is 0 Å². The predicted molar refractivity (Wildman–Crippen MR) is 116 cm³/mol. The van der Waals surface area contributed by atoms with Gasteiger partial charge in [0, 0.05) is 44.8 Å². The molecule has 0 unspecified atom stereocenters. The number of carbonyl (C=O) groups is 1. The summed E-state index contributed by atoms with van der Waals surface area (Å²) in [5, 5.41) is 0. The molecule has 1 aromatic heterocycles. The molecule has 1 aromatic carbocycles. The van der Waals surface area contributed by atoms with Gasteiger partial charge in [0.25, 0.3) is 16.1 Å². The van der Waals surface area contributed by atoms with Crippen molar-refractivity contribution in [1.82, 2.24) is 13.5 Å². The van der Waals surface area contributed by atoms with E-state index < -0.39 is 10.2 Å². The van der Waals surface area contributed by atoms with Crippen LogP contribution in [-0.2, 0) is 16.8 Å². The summed E-state index contributed by atoms with van der Waals surface area (Å²) in [7, 11) is -3.47. The highest BCUT2D eigenvalue weighted by Gasteiger charge is 2.34. The van der Waals surface area contributed by atoms with E-state index in [0.29, 0.717) is 44.8 Å². The minimum atomic E-state index is -3.47. The van der Waals surface area contributed by atoms with Gasteiger partial charge in [0.15, 0.2) is 5.76 Å². The molecule has 2 saturated heterocycles. The SMILES string of the molecule is O=C(c1occc1COc1ccccc1)N1CCN(S(=O)(=O)N2CCCCCC2)CC1. The number of piperazine rings is 1. The molecule has 9 heteroatoms. The third-order valence-corrected chi connectivity index (χ3v) is 7.86. The Morgan fingerprint density at radius 1 is 0.871 bits per heavy atom. The lowest BCUT2D eigenvalue weighted by molar-refractivity contribution is 0.0658. The molecule has 0 saturated carbocycles. The van der Waals surface area contributed by atoms with E-state index in [2.05, 4.69) is 0 Å². The van der Waals surface area contributed by atoms with Crippen LogP contribution in [-0.4, -0.2) is 67.1 Å². The first-order chi connectivity index (χ1) is 15.1. The molecule has 0 spiro atoms. The molecule has 2 aliphatic heterocycles. The van der Waals surface area contributed by atoms with E-state index in [1.54, 1.807) is 15.3 Å². The zero-order chi connectivity index (χ0) is 21.7. The molecule has 168 valence electrons. The van der Waals surface area contributed by atoms with Gasteiger partial charge in [0.05, 0.1) is 6.26 Å². The first-order valence-electron chi connectivity index (χ1n) is 10.8. The van der Waals surface area contributed by atoms with E-state index in [9.17, 15) is 13.2 Å². The van der Waals surface area contributed by atoms with Crippen LogP contribution in [0, 0.1) is 0 Å². The second-order valence-electron chi connectivity index (χ2n) is 7.89. The van der Waals surface area contributed by atoms with E-state index in [1.165, 1.54) is 10.6 Å². The van der Waals surface area contributed by atoms with Gasteiger partial charge < -0.3 is 14.1 Å². The van der Waals surface area contributed by atoms with Crippen LogP contribution in [0.4, 0.5) is 0 Å². The molecule has 4 rings (SSSR count). The third-order valence-electron chi connectivity index (χ3n) is 5.82. The normalized spacial score (nSPS) is 19.2. The number of amides is 1. The molecular weight excluding hydrogens is 418 g/mol. The van der Waals surface area contributed by atoms with Crippen LogP contribution in [0.3, 0.4) is 0 Å². The van der Waals surface area contributed by atoms with Crippen molar-refractivity contribution in [2.45, 2.75) is 32.3 Å². The highest BCUT2D eigenvalue weighted by Crippen LogP contribution is 2.21. The van der Waals surface area contributed by atoms with E-state index in [1.807, 2.05) is 30.3 Å². The highest BCUT2D eigenvalue weighted by atomic mass is 32.2. The van der Waals surface area contributed by atoms with Gasteiger partial charge >= 0.3 is 0 Å². The summed E-state index contributed by atoms with van der Waals surface area (Å²) >= 11 is 0. The Labute approximate surface area is 183 Å². The second kappa shape index (κ2) is 9.84. The van der Waals surface area contributed by atoms with Gasteiger partial charge in [0.1, 0.15) is 12.4 Å². The summed E-state index contributed by atoms with van der Waals surface area (Å²) in [4.78, 5) is 14.6. The summed E-state index contributed by atoms with van der Waals surface area (Å²) in [6.07, 6.45) is 5.45. The Balaban J connectivity index is 1.35. The third kappa shape index (κ3) is 5.11. The van der Waals surface area contributed by atoms with Crippen molar-refractivity contribution >= 4 is 16.1 Å². The molecule has 0 radical (unpaired) electrons. The van der Waals surface area contributed by atoms with Crippen molar-refractivity contribution in [3.8, 4) is 5.75 Å². The molecule has 0 N–H and O–H groups in total. The largest absolute Gasteiger partial charge is 0.489 e. The molecule has 3 heterocycles. The van der Waals surface area contributed by atoms with Crippen molar-refractivity contribution in [3.05, 3.63) is 54.0 Å². The van der Waals surface area contributed by atoms with Crippen LogP contribution in [0.1, 0.15) is 41.8 Å². The van der Waals surface area contributed by atoms with Crippen LogP contribution in [0.2, 0.25) is 0 Å². The molecular formula is C22H29N3O5S. The number of furan rings is 1. The van der Waals surface area contributed by atoms with Crippen molar-refractivity contribution in [3.63, 3.8) is 0 Å². The van der Waals surface area contributed by atoms with Gasteiger partial charge in [-0.25, -0.2) is 0 Å². The highest BCUT2D eigenvalue weighted by molar-refractivity contribution is 7.86. The zero-order valence-electron chi connectivity index (χ0n) is 17.6. The van der Waals surface area contributed by atoms with E-state index in [0.717, 1.165) is 31.4 Å². The molecule has 0 aliphatic carbocycles. The minimum Gasteiger partial charge on any atom is -0.489 e. The number of para-hydroxylation sites is 1. The lowest BCUT2D eigenvalue weighted by Gasteiger charge is -2.36. The van der Waals surface area contributed by atoms with Crippen molar-refractivity contribution in [1.29, 1.82) is 0 Å². The quantitative estimate of drug-likeness (QED) is 0.680. The summed E-state index contributed by atoms with van der Waals surface area (Å²) in [5.74, 6) is 0.734. The molecule has 2 aliphatic rings. The Morgan fingerprint density at radius 3 is 2.19 bits per heavy atom. The number of nitrogens with zero attached hydrogens (tertiary/aromatic N) is 3.